The van der Waals surface area contributed by atoms with E-state index in [9.17, 15) is 5.26 Å². The molecule has 1 unspecified atom stereocenters. The van der Waals surface area contributed by atoms with Crippen LogP contribution in [0, 0.1) is 32.1 Å². The van der Waals surface area contributed by atoms with E-state index >= 15 is 0 Å². The highest BCUT2D eigenvalue weighted by molar-refractivity contribution is 5.44. The van der Waals surface area contributed by atoms with Gasteiger partial charge in [-0.25, -0.2) is 0 Å². The molecule has 0 spiro atoms. The lowest BCUT2D eigenvalue weighted by Gasteiger charge is -2.14. The summed E-state index contributed by atoms with van der Waals surface area (Å²) in [5, 5.41) is 17.3. The van der Waals surface area contributed by atoms with Crippen LogP contribution in [0.25, 0.3) is 0 Å². The van der Waals surface area contributed by atoms with Crippen molar-refractivity contribution in [2.24, 2.45) is 0 Å². The number of nitrogens with zero attached hydrogens (tertiary/aromatic N) is 3. The SMILES string of the molecule is Cc1cc(C)c(C(C#N)c2cccnn2)cc1C. The summed E-state index contributed by atoms with van der Waals surface area (Å²) in [6.45, 7) is 6.17. The Bertz CT molecular complexity index is 597. The first-order valence-electron chi connectivity index (χ1n) is 5.88. The molecular weight excluding hydrogens is 222 g/mol. The molecule has 18 heavy (non-hydrogen) atoms. The predicted octanol–water partition coefficient (Wildman–Crippen LogP) is 3.06. The van der Waals surface area contributed by atoms with E-state index in [-0.39, 0.29) is 5.92 Å². The van der Waals surface area contributed by atoms with Crippen molar-refractivity contribution < 1.29 is 0 Å². The lowest BCUT2D eigenvalue weighted by atomic mass is 9.90. The van der Waals surface area contributed by atoms with Gasteiger partial charge in [-0.15, -0.1) is 0 Å². The van der Waals surface area contributed by atoms with E-state index in [1.54, 1.807) is 6.20 Å². The molecule has 3 nitrogen and oxygen atoms in total. The van der Waals surface area contributed by atoms with E-state index in [0.717, 1.165) is 11.1 Å². The van der Waals surface area contributed by atoms with Crippen molar-refractivity contribution in [3.05, 3.63) is 58.4 Å². The third-order valence-electron chi connectivity index (χ3n) is 3.21. The van der Waals surface area contributed by atoms with E-state index in [1.807, 2.05) is 19.1 Å². The van der Waals surface area contributed by atoms with Crippen LogP contribution < -0.4 is 0 Å². The minimum absolute atomic E-state index is 0.349. The first-order chi connectivity index (χ1) is 8.63. The third-order valence-corrected chi connectivity index (χ3v) is 3.21. The topological polar surface area (TPSA) is 49.6 Å². The lowest BCUT2D eigenvalue weighted by molar-refractivity contribution is 0.877. The van der Waals surface area contributed by atoms with Gasteiger partial charge in [0.05, 0.1) is 11.8 Å². The zero-order chi connectivity index (χ0) is 13.1. The molecule has 0 bridgehead atoms. The van der Waals surface area contributed by atoms with Crippen molar-refractivity contribution in [2.45, 2.75) is 26.7 Å². The summed E-state index contributed by atoms with van der Waals surface area (Å²) in [7, 11) is 0. The highest BCUT2D eigenvalue weighted by Crippen LogP contribution is 2.27. The number of aromatic nitrogens is 2. The van der Waals surface area contributed by atoms with Gasteiger partial charge >= 0.3 is 0 Å². The summed E-state index contributed by atoms with van der Waals surface area (Å²) < 4.78 is 0. The van der Waals surface area contributed by atoms with Crippen LogP contribution in [-0.4, -0.2) is 10.2 Å². The van der Waals surface area contributed by atoms with E-state index in [4.69, 9.17) is 0 Å². The normalized spacial score (nSPS) is 11.9. The Morgan fingerprint density at radius 1 is 1.11 bits per heavy atom. The largest absolute Gasteiger partial charge is 0.197 e. The van der Waals surface area contributed by atoms with Crippen LogP contribution in [0.4, 0.5) is 0 Å². The first kappa shape index (κ1) is 12.3. The Morgan fingerprint density at radius 2 is 1.83 bits per heavy atom. The fourth-order valence-corrected chi connectivity index (χ4v) is 2.06. The van der Waals surface area contributed by atoms with Gasteiger partial charge in [0.2, 0.25) is 0 Å². The Labute approximate surface area is 107 Å². The quantitative estimate of drug-likeness (QED) is 0.806. The molecule has 0 radical (unpaired) electrons. The van der Waals surface area contributed by atoms with Crippen molar-refractivity contribution in [2.75, 3.05) is 0 Å². The van der Waals surface area contributed by atoms with E-state index < -0.39 is 0 Å². The first-order valence-corrected chi connectivity index (χ1v) is 5.88. The summed E-state index contributed by atoms with van der Waals surface area (Å²) in [5.74, 6) is -0.349. The fourth-order valence-electron chi connectivity index (χ4n) is 2.06. The highest BCUT2D eigenvalue weighted by atomic mass is 15.1. The molecule has 1 aromatic carbocycles. The molecule has 0 saturated carbocycles. The second kappa shape index (κ2) is 4.97. The van der Waals surface area contributed by atoms with Gasteiger partial charge in [0.15, 0.2) is 0 Å². The molecule has 1 heterocycles. The minimum atomic E-state index is -0.349. The Hall–Kier alpha value is -2.21. The molecule has 0 aliphatic carbocycles. The van der Waals surface area contributed by atoms with Crippen LogP contribution in [0.5, 0.6) is 0 Å². The monoisotopic (exact) mass is 237 g/mol. The van der Waals surface area contributed by atoms with Crippen molar-refractivity contribution in [1.82, 2.24) is 10.2 Å². The summed E-state index contributed by atoms with van der Waals surface area (Å²) in [6.07, 6.45) is 1.62. The van der Waals surface area contributed by atoms with Gasteiger partial charge < -0.3 is 0 Å². The summed E-state index contributed by atoms with van der Waals surface area (Å²) >= 11 is 0. The molecule has 0 N–H and O–H groups in total. The van der Waals surface area contributed by atoms with Gasteiger partial charge in [-0.05, 0) is 55.2 Å². The van der Waals surface area contributed by atoms with Crippen LogP contribution in [0.2, 0.25) is 0 Å². The average Bonchev–Trinajstić information content (AvgIpc) is 2.38. The van der Waals surface area contributed by atoms with Crippen LogP contribution in [-0.2, 0) is 0 Å². The van der Waals surface area contributed by atoms with E-state index in [0.29, 0.717) is 5.69 Å². The molecule has 90 valence electrons. The molecule has 0 aliphatic rings. The van der Waals surface area contributed by atoms with Crippen molar-refractivity contribution >= 4 is 0 Å². The maximum Gasteiger partial charge on any atom is 0.115 e. The van der Waals surface area contributed by atoms with Crippen LogP contribution in [0.3, 0.4) is 0 Å². The van der Waals surface area contributed by atoms with Gasteiger partial charge in [0.1, 0.15) is 5.92 Å². The Balaban J connectivity index is 2.53. The zero-order valence-electron chi connectivity index (χ0n) is 10.8. The third kappa shape index (κ3) is 2.23. The number of benzene rings is 1. The minimum Gasteiger partial charge on any atom is -0.197 e. The van der Waals surface area contributed by atoms with Crippen LogP contribution in [0.1, 0.15) is 33.9 Å². The molecule has 1 aromatic heterocycles. The summed E-state index contributed by atoms with van der Waals surface area (Å²) in [6, 6.07) is 10.2. The molecule has 0 aliphatic heterocycles. The zero-order valence-corrected chi connectivity index (χ0v) is 10.8. The van der Waals surface area contributed by atoms with Crippen LogP contribution >= 0.6 is 0 Å². The molecule has 0 fully saturated rings. The average molecular weight is 237 g/mol. The van der Waals surface area contributed by atoms with Gasteiger partial charge in [-0.1, -0.05) is 12.1 Å². The standard InChI is InChI=1S/C15H15N3/c1-10-7-12(3)13(8-11(10)2)14(9-16)15-5-4-6-17-18-15/h4-8,14H,1-3H3. The highest BCUT2D eigenvalue weighted by Gasteiger charge is 2.17. The summed E-state index contributed by atoms with van der Waals surface area (Å²) in [5.41, 5.74) is 5.27. The fraction of sp³-hybridized carbons (Fsp3) is 0.267. The van der Waals surface area contributed by atoms with Crippen molar-refractivity contribution in [1.29, 1.82) is 5.26 Å². The molecule has 2 rings (SSSR count). The van der Waals surface area contributed by atoms with Gasteiger partial charge in [0.25, 0.3) is 0 Å². The van der Waals surface area contributed by atoms with E-state index in [2.05, 4.69) is 42.2 Å². The van der Waals surface area contributed by atoms with Crippen molar-refractivity contribution in [3.8, 4) is 6.07 Å². The Kier molecular flexibility index (Phi) is 3.38. The second-order valence-corrected chi connectivity index (χ2v) is 4.50. The van der Waals surface area contributed by atoms with Crippen molar-refractivity contribution in [3.63, 3.8) is 0 Å². The number of nitriles is 1. The Morgan fingerprint density at radius 3 is 2.44 bits per heavy atom. The maximum atomic E-state index is 9.40. The number of hydrogen-bond donors (Lipinski definition) is 0. The van der Waals surface area contributed by atoms with Gasteiger partial charge in [-0.3, -0.25) is 0 Å². The molecule has 1 atom stereocenters. The van der Waals surface area contributed by atoms with Gasteiger partial charge in [-0.2, -0.15) is 15.5 Å². The lowest BCUT2D eigenvalue weighted by Crippen LogP contribution is -2.05. The number of aryl methyl sites for hydroxylation is 3. The van der Waals surface area contributed by atoms with Gasteiger partial charge in [0, 0.05) is 6.20 Å². The summed E-state index contributed by atoms with van der Waals surface area (Å²) in [4.78, 5) is 0. The van der Waals surface area contributed by atoms with E-state index in [1.165, 1.54) is 11.1 Å². The van der Waals surface area contributed by atoms with Crippen LogP contribution in [0.15, 0.2) is 30.5 Å². The number of rotatable bonds is 2. The number of hydrogen-bond acceptors (Lipinski definition) is 3. The smallest absolute Gasteiger partial charge is 0.115 e. The molecule has 3 heteroatoms. The maximum absolute atomic E-state index is 9.40. The second-order valence-electron chi connectivity index (χ2n) is 4.50. The molecule has 0 amide bonds. The molecule has 2 aromatic rings. The molecule has 0 saturated heterocycles. The molecular formula is C15H15N3. The predicted molar refractivity (Wildman–Crippen MR) is 70.1 cm³/mol.